The van der Waals surface area contributed by atoms with Gasteiger partial charge in [-0.15, -0.1) is 0 Å². The standard InChI is InChI=1S/C18H13F5N4O3/c19-11-3-8(26-17-27-9(6-28)7-29-17)4-12(20)15(11)30-13-1-2-24-16-14(13)10(5-25-16)18(21,22)23/h1-5,9,28H,6-7H2,(H,24,25)(H,26,27)/t9-/m1/s1. The summed E-state index contributed by atoms with van der Waals surface area (Å²) in [5, 5.41) is 11.1. The van der Waals surface area contributed by atoms with Crippen molar-refractivity contribution in [2.75, 3.05) is 18.5 Å². The topological polar surface area (TPSA) is 91.8 Å². The molecule has 0 aliphatic carbocycles. The van der Waals surface area contributed by atoms with Crippen molar-refractivity contribution >= 4 is 22.7 Å². The van der Waals surface area contributed by atoms with Crippen molar-refractivity contribution in [2.24, 2.45) is 4.99 Å². The van der Waals surface area contributed by atoms with Crippen molar-refractivity contribution in [1.82, 2.24) is 9.97 Å². The van der Waals surface area contributed by atoms with Gasteiger partial charge in [0.2, 0.25) is 0 Å². The molecule has 1 aliphatic rings. The molecule has 12 heteroatoms. The normalized spacial score (nSPS) is 16.5. The Balaban J connectivity index is 1.65. The van der Waals surface area contributed by atoms with E-state index in [0.717, 1.165) is 24.4 Å². The average Bonchev–Trinajstić information content (AvgIpc) is 3.31. The highest BCUT2D eigenvalue weighted by molar-refractivity contribution is 5.90. The molecule has 3 N–H and O–H groups in total. The van der Waals surface area contributed by atoms with Gasteiger partial charge in [0, 0.05) is 30.2 Å². The Bertz CT molecular complexity index is 1110. The van der Waals surface area contributed by atoms with Gasteiger partial charge in [-0.25, -0.2) is 18.8 Å². The first kappa shape index (κ1) is 19.9. The van der Waals surface area contributed by atoms with E-state index in [0.29, 0.717) is 6.20 Å². The fourth-order valence-electron chi connectivity index (χ4n) is 2.88. The molecule has 0 unspecified atom stereocenters. The van der Waals surface area contributed by atoms with E-state index in [1.807, 2.05) is 0 Å². The second-order valence-electron chi connectivity index (χ2n) is 6.31. The Kier molecular flexibility index (Phi) is 4.94. The van der Waals surface area contributed by atoms with Gasteiger partial charge in [-0.3, -0.25) is 0 Å². The van der Waals surface area contributed by atoms with Crippen LogP contribution in [0.15, 0.2) is 35.6 Å². The van der Waals surface area contributed by atoms with Crippen molar-refractivity contribution < 1.29 is 36.5 Å². The molecular weight excluding hydrogens is 415 g/mol. The largest absolute Gasteiger partial charge is 0.463 e. The molecule has 0 saturated carbocycles. The third kappa shape index (κ3) is 3.73. The number of fused-ring (bicyclic) bond motifs is 1. The maximum Gasteiger partial charge on any atom is 0.418 e. The van der Waals surface area contributed by atoms with Gasteiger partial charge in [0.1, 0.15) is 24.0 Å². The fraction of sp³-hybridized carbons (Fsp3) is 0.222. The predicted octanol–water partition coefficient (Wildman–Crippen LogP) is 3.81. The van der Waals surface area contributed by atoms with Crippen LogP contribution in [0.4, 0.5) is 27.6 Å². The number of rotatable bonds is 4. The van der Waals surface area contributed by atoms with Crippen LogP contribution in [0.5, 0.6) is 11.5 Å². The number of aromatic amines is 1. The second kappa shape index (κ2) is 7.44. The SMILES string of the molecule is OC[C@@H]1COC(Nc2cc(F)c(Oc3ccnc4[nH]cc(C(F)(F)F)c34)c(F)c2)=N1. The van der Waals surface area contributed by atoms with E-state index in [4.69, 9.17) is 14.6 Å². The van der Waals surface area contributed by atoms with E-state index in [9.17, 15) is 22.0 Å². The van der Waals surface area contributed by atoms with E-state index in [-0.39, 0.29) is 30.6 Å². The van der Waals surface area contributed by atoms with Crippen molar-refractivity contribution in [3.8, 4) is 11.5 Å². The minimum Gasteiger partial charge on any atom is -0.463 e. The zero-order valence-corrected chi connectivity index (χ0v) is 14.9. The molecule has 1 atom stereocenters. The Morgan fingerprint density at radius 1 is 1.27 bits per heavy atom. The minimum atomic E-state index is -4.72. The lowest BCUT2D eigenvalue weighted by Gasteiger charge is -2.13. The number of hydrogen-bond acceptors (Lipinski definition) is 6. The molecule has 0 fully saturated rings. The summed E-state index contributed by atoms with van der Waals surface area (Å²) in [6.45, 7) is -0.138. The molecule has 3 heterocycles. The molecule has 1 aromatic carbocycles. The number of nitrogens with zero attached hydrogens (tertiary/aromatic N) is 2. The zero-order chi connectivity index (χ0) is 21.5. The Morgan fingerprint density at radius 2 is 2.00 bits per heavy atom. The number of pyridine rings is 1. The molecule has 0 radical (unpaired) electrons. The number of aliphatic imine (C=N–C) groups is 1. The molecule has 2 aromatic heterocycles. The van der Waals surface area contributed by atoms with E-state index < -0.39 is 46.3 Å². The third-order valence-corrected chi connectivity index (χ3v) is 4.23. The molecule has 158 valence electrons. The smallest absolute Gasteiger partial charge is 0.418 e. The van der Waals surface area contributed by atoms with Gasteiger partial charge in [-0.05, 0) is 6.07 Å². The van der Waals surface area contributed by atoms with Gasteiger partial charge in [0.05, 0.1) is 17.6 Å². The summed E-state index contributed by atoms with van der Waals surface area (Å²) in [7, 11) is 0. The number of aliphatic hydroxyl groups excluding tert-OH is 1. The highest BCUT2D eigenvalue weighted by atomic mass is 19.4. The number of ether oxygens (including phenoxy) is 2. The van der Waals surface area contributed by atoms with E-state index in [2.05, 4.69) is 20.3 Å². The molecule has 0 saturated heterocycles. The predicted molar refractivity (Wildman–Crippen MR) is 95.4 cm³/mol. The van der Waals surface area contributed by atoms with Gasteiger partial charge in [-0.1, -0.05) is 0 Å². The second-order valence-corrected chi connectivity index (χ2v) is 6.31. The van der Waals surface area contributed by atoms with Gasteiger partial charge in [0.25, 0.3) is 6.02 Å². The number of aliphatic hydroxyl groups is 1. The van der Waals surface area contributed by atoms with Crippen molar-refractivity contribution in [3.05, 3.63) is 47.8 Å². The van der Waals surface area contributed by atoms with Crippen LogP contribution in [-0.4, -0.2) is 40.4 Å². The molecule has 7 nitrogen and oxygen atoms in total. The summed E-state index contributed by atoms with van der Waals surface area (Å²) in [5.74, 6) is -3.63. The number of amidine groups is 1. The summed E-state index contributed by atoms with van der Waals surface area (Å²) < 4.78 is 79.0. The molecule has 0 spiro atoms. The number of H-pyrrole nitrogens is 1. The van der Waals surface area contributed by atoms with Crippen molar-refractivity contribution in [2.45, 2.75) is 12.2 Å². The van der Waals surface area contributed by atoms with Gasteiger partial charge < -0.3 is 24.9 Å². The van der Waals surface area contributed by atoms with Crippen molar-refractivity contribution in [3.63, 3.8) is 0 Å². The fourth-order valence-corrected chi connectivity index (χ4v) is 2.88. The molecule has 0 bridgehead atoms. The number of nitrogens with one attached hydrogen (secondary N) is 2. The van der Waals surface area contributed by atoms with Crippen LogP contribution in [0.3, 0.4) is 0 Å². The average molecular weight is 428 g/mol. The third-order valence-electron chi connectivity index (χ3n) is 4.23. The first-order valence-corrected chi connectivity index (χ1v) is 8.55. The monoisotopic (exact) mass is 428 g/mol. The van der Waals surface area contributed by atoms with Crippen LogP contribution in [0, 0.1) is 11.6 Å². The van der Waals surface area contributed by atoms with Gasteiger partial charge >= 0.3 is 6.18 Å². The number of alkyl halides is 3. The molecule has 4 rings (SSSR count). The van der Waals surface area contributed by atoms with Crippen LogP contribution in [-0.2, 0) is 10.9 Å². The number of benzene rings is 1. The van der Waals surface area contributed by atoms with E-state index in [1.165, 1.54) is 0 Å². The highest BCUT2D eigenvalue weighted by Gasteiger charge is 2.35. The number of aromatic nitrogens is 2. The summed E-state index contributed by atoms with van der Waals surface area (Å²) in [6.07, 6.45) is -2.88. The van der Waals surface area contributed by atoms with Crippen LogP contribution in [0.1, 0.15) is 5.56 Å². The Hall–Kier alpha value is -3.41. The van der Waals surface area contributed by atoms with E-state index >= 15 is 0 Å². The summed E-state index contributed by atoms with van der Waals surface area (Å²) in [4.78, 5) is 10.1. The molecular formula is C18H13F5N4O3. The summed E-state index contributed by atoms with van der Waals surface area (Å²) >= 11 is 0. The zero-order valence-electron chi connectivity index (χ0n) is 14.9. The number of halogens is 5. The summed E-state index contributed by atoms with van der Waals surface area (Å²) in [6, 6.07) is 2.31. The summed E-state index contributed by atoms with van der Waals surface area (Å²) in [5.41, 5.74) is -1.28. The molecule has 0 amide bonds. The Morgan fingerprint density at radius 3 is 2.63 bits per heavy atom. The van der Waals surface area contributed by atoms with E-state index in [1.54, 1.807) is 0 Å². The van der Waals surface area contributed by atoms with Gasteiger partial charge in [0.15, 0.2) is 17.4 Å². The van der Waals surface area contributed by atoms with Crippen molar-refractivity contribution in [1.29, 1.82) is 0 Å². The first-order valence-electron chi connectivity index (χ1n) is 8.55. The lowest BCUT2D eigenvalue weighted by Crippen LogP contribution is -2.12. The van der Waals surface area contributed by atoms with Crippen LogP contribution in [0.25, 0.3) is 11.0 Å². The highest BCUT2D eigenvalue weighted by Crippen LogP contribution is 2.40. The Labute approximate surface area is 165 Å². The van der Waals surface area contributed by atoms with Crippen LogP contribution < -0.4 is 10.1 Å². The molecule has 3 aromatic rings. The van der Waals surface area contributed by atoms with Crippen LogP contribution in [0.2, 0.25) is 0 Å². The number of hydrogen-bond donors (Lipinski definition) is 3. The molecule has 30 heavy (non-hydrogen) atoms. The first-order chi connectivity index (χ1) is 14.3. The number of anilines is 1. The quantitative estimate of drug-likeness (QED) is 0.550. The van der Waals surface area contributed by atoms with Crippen LogP contribution >= 0.6 is 0 Å². The lowest BCUT2D eigenvalue weighted by molar-refractivity contribution is -0.136. The van der Waals surface area contributed by atoms with Gasteiger partial charge in [-0.2, -0.15) is 13.2 Å². The maximum atomic E-state index is 14.5. The minimum absolute atomic E-state index is 0.0282. The maximum absolute atomic E-state index is 14.5. The molecule has 1 aliphatic heterocycles. The lowest BCUT2D eigenvalue weighted by atomic mass is 10.2.